The van der Waals surface area contributed by atoms with Gasteiger partial charge < -0.3 is 0 Å². The molecule has 0 aromatic heterocycles. The van der Waals surface area contributed by atoms with Crippen molar-refractivity contribution in [1.82, 2.24) is 4.72 Å². The van der Waals surface area contributed by atoms with Crippen molar-refractivity contribution in [2.45, 2.75) is 31.1 Å². The van der Waals surface area contributed by atoms with Gasteiger partial charge in [0, 0.05) is 0 Å². The summed E-state index contributed by atoms with van der Waals surface area (Å²) in [6, 6.07) is 0. The van der Waals surface area contributed by atoms with Crippen LogP contribution in [0.5, 0.6) is 0 Å². The average molecular weight is 141 g/mol. The molecular weight excluding hydrogens is 129 g/mol. The van der Waals surface area contributed by atoms with Gasteiger partial charge in [-0.1, -0.05) is 24.8 Å². The lowest BCUT2D eigenvalue weighted by molar-refractivity contribution is 0.581. The van der Waals surface area contributed by atoms with Gasteiger partial charge in [-0.2, -0.15) is 0 Å². The molecule has 0 heterocycles. The summed E-state index contributed by atoms with van der Waals surface area (Å²) in [5, 5.41) is 0. The summed E-state index contributed by atoms with van der Waals surface area (Å²) in [4.78, 5) is 0. The first-order valence-electron chi connectivity index (χ1n) is 3.36. The zero-order chi connectivity index (χ0) is 6.74. The number of rotatable bonds is 2. The van der Waals surface area contributed by atoms with Gasteiger partial charge in [-0.15, -0.1) is 0 Å². The van der Waals surface area contributed by atoms with E-state index in [9.17, 15) is 0 Å². The van der Waals surface area contributed by atoms with E-state index in [0.29, 0.717) is 0 Å². The van der Waals surface area contributed by atoms with E-state index in [-0.39, 0.29) is 5.44 Å². The highest BCUT2D eigenvalue weighted by Gasteiger charge is 2.26. The van der Waals surface area contributed by atoms with E-state index < -0.39 is 0 Å². The molecular formula is C6H12BNS. The van der Waals surface area contributed by atoms with Gasteiger partial charge in [0.05, 0.1) is 7.85 Å². The minimum atomic E-state index is -0.0422. The molecule has 1 aliphatic rings. The van der Waals surface area contributed by atoms with E-state index >= 15 is 0 Å². The smallest absolute Gasteiger partial charge is 0.0967 e. The summed E-state index contributed by atoms with van der Waals surface area (Å²) < 4.78 is 3.22. The summed E-state index contributed by atoms with van der Waals surface area (Å²) in [5.41, 5.74) is -0.0422. The first kappa shape index (κ1) is 7.48. The fourth-order valence-electron chi connectivity index (χ4n) is 1.31. The zero-order valence-electron chi connectivity index (χ0n) is 5.81. The highest BCUT2D eigenvalue weighted by Crippen LogP contribution is 2.27. The topological polar surface area (TPSA) is 12.0 Å². The maximum Gasteiger partial charge on any atom is 0.0967 e. The summed E-state index contributed by atoms with van der Waals surface area (Å²) in [7, 11) is 5.94. The molecule has 9 heavy (non-hydrogen) atoms. The maximum absolute atomic E-state index is 5.94. The third-order valence-corrected chi connectivity index (χ3v) is 2.41. The van der Waals surface area contributed by atoms with Crippen LogP contribution >= 0.6 is 11.9 Å². The van der Waals surface area contributed by atoms with Crippen molar-refractivity contribution >= 4 is 19.8 Å². The molecule has 0 bridgehead atoms. The molecule has 1 fully saturated rings. The van der Waals surface area contributed by atoms with Crippen LogP contribution in [0.4, 0.5) is 0 Å². The largest absolute Gasteiger partial charge is 0.267 e. The molecule has 0 spiro atoms. The highest BCUT2D eigenvalue weighted by molar-refractivity contribution is 7.96. The quantitative estimate of drug-likeness (QED) is 0.459. The second-order valence-corrected chi connectivity index (χ2v) is 3.28. The van der Waals surface area contributed by atoms with E-state index in [4.69, 9.17) is 7.85 Å². The van der Waals surface area contributed by atoms with Crippen LogP contribution in [-0.4, -0.2) is 19.5 Å². The van der Waals surface area contributed by atoms with Gasteiger partial charge in [-0.25, -0.2) is 0 Å². The Labute approximate surface area is 62.5 Å². The van der Waals surface area contributed by atoms with Crippen molar-refractivity contribution in [1.29, 1.82) is 0 Å². The predicted octanol–water partition coefficient (Wildman–Crippen LogP) is 1.29. The lowest BCUT2D eigenvalue weighted by atomic mass is 9.77. The van der Waals surface area contributed by atoms with Gasteiger partial charge in [0.1, 0.15) is 0 Å². The molecule has 2 radical (unpaired) electrons. The molecule has 1 rings (SSSR count). The fourth-order valence-corrected chi connectivity index (χ4v) is 1.92. The first-order valence-corrected chi connectivity index (χ1v) is 4.58. The van der Waals surface area contributed by atoms with Crippen LogP contribution in [0.3, 0.4) is 0 Å². The number of hydrogen-bond acceptors (Lipinski definition) is 2. The van der Waals surface area contributed by atoms with Crippen LogP contribution < -0.4 is 4.72 Å². The van der Waals surface area contributed by atoms with Crippen molar-refractivity contribution in [3.8, 4) is 0 Å². The lowest BCUT2D eigenvalue weighted by Gasteiger charge is -2.23. The van der Waals surface area contributed by atoms with E-state index in [1.54, 1.807) is 11.9 Å². The molecule has 1 N–H and O–H groups in total. The third-order valence-electron chi connectivity index (χ3n) is 1.80. The van der Waals surface area contributed by atoms with E-state index in [2.05, 4.69) is 4.72 Å². The normalized spacial score (nSPS) is 24.6. The van der Waals surface area contributed by atoms with Crippen molar-refractivity contribution in [2.75, 3.05) is 6.26 Å². The Bertz CT molecular complexity index is 91.1. The number of nitrogens with one attached hydrogen (secondary N) is 1. The summed E-state index contributed by atoms with van der Waals surface area (Å²) in [5.74, 6) is 0. The van der Waals surface area contributed by atoms with E-state index in [1.165, 1.54) is 12.8 Å². The van der Waals surface area contributed by atoms with Crippen LogP contribution in [0.1, 0.15) is 25.7 Å². The van der Waals surface area contributed by atoms with E-state index in [1.807, 2.05) is 6.26 Å². The van der Waals surface area contributed by atoms with Crippen LogP contribution in [0.15, 0.2) is 0 Å². The predicted molar refractivity (Wildman–Crippen MR) is 43.6 cm³/mol. The first-order chi connectivity index (χ1) is 4.27. The van der Waals surface area contributed by atoms with Crippen LogP contribution in [0, 0.1) is 0 Å². The minimum absolute atomic E-state index is 0.0422. The summed E-state index contributed by atoms with van der Waals surface area (Å²) >= 11 is 1.62. The molecule has 0 aromatic carbocycles. The SMILES string of the molecule is [B]C1(NSC)CCCC1. The summed E-state index contributed by atoms with van der Waals surface area (Å²) in [6.45, 7) is 0. The molecule has 0 aromatic rings. The summed E-state index contributed by atoms with van der Waals surface area (Å²) in [6.07, 6.45) is 6.85. The molecule has 0 atom stereocenters. The fraction of sp³-hybridized carbons (Fsp3) is 1.00. The van der Waals surface area contributed by atoms with Gasteiger partial charge in [-0.3, -0.25) is 4.72 Å². The zero-order valence-corrected chi connectivity index (χ0v) is 6.63. The lowest BCUT2D eigenvalue weighted by Crippen LogP contribution is -2.38. The van der Waals surface area contributed by atoms with Crippen molar-refractivity contribution < 1.29 is 0 Å². The Morgan fingerprint density at radius 3 is 2.44 bits per heavy atom. The third kappa shape index (κ3) is 1.90. The van der Waals surface area contributed by atoms with Gasteiger partial charge >= 0.3 is 0 Å². The Morgan fingerprint density at radius 2 is 2.00 bits per heavy atom. The minimum Gasteiger partial charge on any atom is -0.267 e. The molecule has 0 unspecified atom stereocenters. The maximum atomic E-state index is 5.94. The van der Waals surface area contributed by atoms with Gasteiger partial charge in [0.2, 0.25) is 0 Å². The molecule has 0 saturated heterocycles. The monoisotopic (exact) mass is 141 g/mol. The van der Waals surface area contributed by atoms with Crippen LogP contribution in [0.25, 0.3) is 0 Å². The highest BCUT2D eigenvalue weighted by atomic mass is 32.2. The molecule has 1 nitrogen and oxygen atoms in total. The Hall–Kier alpha value is 0.375. The molecule has 3 heteroatoms. The van der Waals surface area contributed by atoms with Crippen LogP contribution in [0.2, 0.25) is 0 Å². The Kier molecular flexibility index (Phi) is 2.47. The molecule has 1 saturated carbocycles. The van der Waals surface area contributed by atoms with Crippen molar-refractivity contribution in [3.05, 3.63) is 0 Å². The standard InChI is InChI=1S/C6H12BNS/c1-9-8-6(7)4-2-3-5-6/h8H,2-5H2,1H3. The van der Waals surface area contributed by atoms with Gasteiger partial charge in [-0.05, 0) is 24.5 Å². The molecule has 0 aliphatic heterocycles. The molecule has 50 valence electrons. The molecule has 0 amide bonds. The second kappa shape index (κ2) is 2.97. The van der Waals surface area contributed by atoms with Crippen molar-refractivity contribution in [3.63, 3.8) is 0 Å². The average Bonchev–Trinajstić information content (AvgIpc) is 2.16. The number of hydrogen-bond donors (Lipinski definition) is 1. The van der Waals surface area contributed by atoms with Crippen molar-refractivity contribution in [2.24, 2.45) is 0 Å². The Morgan fingerprint density at radius 1 is 1.44 bits per heavy atom. The van der Waals surface area contributed by atoms with Gasteiger partial charge in [0.25, 0.3) is 0 Å². The second-order valence-electron chi connectivity index (χ2n) is 2.67. The Balaban J connectivity index is 2.32. The van der Waals surface area contributed by atoms with Gasteiger partial charge in [0.15, 0.2) is 0 Å². The van der Waals surface area contributed by atoms with Crippen LogP contribution in [-0.2, 0) is 0 Å². The molecule has 1 aliphatic carbocycles. The van der Waals surface area contributed by atoms with E-state index in [0.717, 1.165) is 12.8 Å².